The third-order valence-corrected chi connectivity index (χ3v) is 14.4. The Kier molecular flexibility index (Phi) is 9.66. The van der Waals surface area contributed by atoms with Crippen molar-refractivity contribution in [2.24, 2.45) is 10.7 Å². The first-order valence-electron chi connectivity index (χ1n) is 22.3. The van der Waals surface area contributed by atoms with Crippen molar-refractivity contribution in [1.29, 1.82) is 0 Å². The van der Waals surface area contributed by atoms with E-state index in [0.29, 0.717) is 6.54 Å². The summed E-state index contributed by atoms with van der Waals surface area (Å²) in [6, 6.07) is 46.7. The Bertz CT molecular complexity index is 3650. The van der Waals surface area contributed by atoms with E-state index in [4.69, 9.17) is 15.1 Å². The molecule has 0 fully saturated rings. The lowest BCUT2D eigenvalue weighted by atomic mass is 9.91. The van der Waals surface area contributed by atoms with Gasteiger partial charge in [0.1, 0.15) is 23.0 Å². The van der Waals surface area contributed by atoms with Crippen LogP contribution >= 0.6 is 11.3 Å². The van der Waals surface area contributed by atoms with Gasteiger partial charge in [0, 0.05) is 25.7 Å². The Hall–Kier alpha value is -7.31. The third kappa shape index (κ3) is 6.76. The molecule has 3 N–H and O–H groups in total. The van der Waals surface area contributed by atoms with Crippen LogP contribution in [-0.4, -0.2) is 12.0 Å². The summed E-state index contributed by atoms with van der Waals surface area (Å²) in [5, 5.41) is 15.0. The number of hydrogen-bond donors (Lipinski definition) is 2. The molecule has 2 aromatic heterocycles. The smallest absolute Gasteiger partial charge is 0.135 e. The highest BCUT2D eigenvalue weighted by Gasteiger charge is 2.20. The van der Waals surface area contributed by atoms with Gasteiger partial charge in [-0.05, 0) is 139 Å². The fraction of sp³-hybridized carbons (Fsp3) is 0.102. The molecule has 2 heterocycles. The molecule has 4 nitrogen and oxygen atoms in total. The molecule has 7 aromatic carbocycles. The van der Waals surface area contributed by atoms with Crippen molar-refractivity contribution >= 4 is 88.3 Å². The van der Waals surface area contributed by atoms with Gasteiger partial charge in [-0.15, -0.1) is 11.3 Å². The Labute approximate surface area is 375 Å². The number of thiophene rings is 1. The summed E-state index contributed by atoms with van der Waals surface area (Å²) in [5.74, 6) is 0.802. The highest BCUT2D eigenvalue weighted by atomic mass is 32.1. The van der Waals surface area contributed by atoms with Crippen LogP contribution in [0.5, 0.6) is 0 Å². The normalized spacial score (nSPS) is 15.4. The van der Waals surface area contributed by atoms with Crippen molar-refractivity contribution < 1.29 is 4.42 Å². The topological polar surface area (TPSA) is 63.5 Å². The average Bonchev–Trinajstić information content (AvgIpc) is 3.62. The van der Waals surface area contributed by atoms with Gasteiger partial charge in [0.05, 0.1) is 6.54 Å². The number of nitrogens with two attached hydrogens (primary N) is 1. The van der Waals surface area contributed by atoms with E-state index in [9.17, 15) is 0 Å². The van der Waals surface area contributed by atoms with Crippen LogP contribution in [0.2, 0.25) is 0 Å². The van der Waals surface area contributed by atoms with Crippen LogP contribution in [0.25, 0.3) is 82.2 Å². The molecule has 0 spiro atoms. The van der Waals surface area contributed by atoms with Gasteiger partial charge in [-0.25, -0.2) is 0 Å². The minimum atomic E-state index is -0.420. The second kappa shape index (κ2) is 16.1. The number of nitrogens with zero attached hydrogens (tertiary/aromatic N) is 1. The van der Waals surface area contributed by atoms with E-state index < -0.39 is 6.17 Å². The lowest BCUT2D eigenvalue weighted by Gasteiger charge is -2.19. The number of rotatable bonds is 7. The van der Waals surface area contributed by atoms with Crippen molar-refractivity contribution in [2.75, 3.05) is 0 Å². The van der Waals surface area contributed by atoms with Crippen LogP contribution in [0.4, 0.5) is 0 Å². The lowest BCUT2D eigenvalue weighted by molar-refractivity contribution is 0.571. The molecular weight excluding hydrogens is 799 g/mol. The summed E-state index contributed by atoms with van der Waals surface area (Å²) in [5.41, 5.74) is 18.3. The van der Waals surface area contributed by atoms with Gasteiger partial charge in [-0.1, -0.05) is 152 Å². The first-order chi connectivity index (χ1) is 31.6. The molecule has 308 valence electrons. The number of allylic oxidation sites excluding steroid dienone is 7. The zero-order valence-electron chi connectivity index (χ0n) is 35.4. The number of nitrogens with one attached hydrogen (secondary N) is 1. The number of aliphatic imine (C=N–C) groups is 1. The van der Waals surface area contributed by atoms with Crippen molar-refractivity contribution in [2.45, 2.75) is 38.4 Å². The predicted octanol–water partition coefficient (Wildman–Crippen LogP) is 12.9. The molecule has 0 saturated heterocycles. The molecule has 5 heteroatoms. The number of furan rings is 1. The fourth-order valence-electron chi connectivity index (χ4n) is 9.95. The molecule has 0 radical (unpaired) electrons. The first-order valence-corrected chi connectivity index (χ1v) is 23.1. The van der Waals surface area contributed by atoms with Crippen LogP contribution in [0, 0.1) is 0 Å². The van der Waals surface area contributed by atoms with E-state index in [1.54, 1.807) is 0 Å². The maximum Gasteiger partial charge on any atom is 0.135 e. The molecule has 1 atom stereocenters. The standard InChI is InChI=1S/C59H45N3OS/c60-58(39-14-4-1-2-5-15-39)62-59(50-23-12-22-49-48-20-6-3-7-25-55(48)64-57(49)50)61-36-37-26-28-38(29-27-37)42-21-13-24-54-56(42)52-35-41(31-33-53(52)63-54)40-30-32-47-45-18-9-8-16-43(45)44-17-10-11-19-46(44)51(47)34-40/h1,3-12,14-19,22-35,58H,2,13,20-21,36,60H2,(H,61,62). The summed E-state index contributed by atoms with van der Waals surface area (Å²) in [6.45, 7) is 0.511. The van der Waals surface area contributed by atoms with Crippen LogP contribution in [-0.2, 0) is 13.0 Å². The molecule has 1 unspecified atom stereocenters. The predicted molar refractivity (Wildman–Crippen MR) is 272 cm³/mol. The SMILES string of the molecule is NC(NC(=NCc1ccc(C2=c3c(oc4ccc(-c5ccc6c7ccccc7c7ccccc7c6c5)cc34)=CCC2)cc1)c1cccc2c3c(sc12)C=CC=CC3)C1=CC=CCC=C1. The van der Waals surface area contributed by atoms with Gasteiger partial charge < -0.3 is 15.5 Å². The Morgan fingerprint density at radius 2 is 1.39 bits per heavy atom. The summed E-state index contributed by atoms with van der Waals surface area (Å²) >= 11 is 1.83. The molecule has 0 saturated carbocycles. The van der Waals surface area contributed by atoms with Crippen LogP contribution in [0.3, 0.4) is 0 Å². The molecule has 0 aliphatic heterocycles. The van der Waals surface area contributed by atoms with Crippen LogP contribution in [0.1, 0.15) is 46.4 Å². The zero-order valence-corrected chi connectivity index (χ0v) is 36.2. The molecule has 3 aliphatic rings. The fourth-order valence-corrected chi connectivity index (χ4v) is 11.2. The van der Waals surface area contributed by atoms with Gasteiger partial charge in [0.25, 0.3) is 0 Å². The zero-order chi connectivity index (χ0) is 42.6. The molecule has 0 bridgehead atoms. The summed E-state index contributed by atoms with van der Waals surface area (Å²) in [7, 11) is 0. The second-order valence-electron chi connectivity index (χ2n) is 17.0. The molecular formula is C59H45N3OS. The van der Waals surface area contributed by atoms with Crippen molar-refractivity contribution in [3.63, 3.8) is 0 Å². The van der Waals surface area contributed by atoms with E-state index in [-0.39, 0.29) is 0 Å². The third-order valence-electron chi connectivity index (χ3n) is 13.1. The van der Waals surface area contributed by atoms with Gasteiger partial charge in [0.2, 0.25) is 0 Å². The summed E-state index contributed by atoms with van der Waals surface area (Å²) in [4.78, 5) is 6.60. The molecule has 9 aromatic rings. The Morgan fingerprint density at radius 1 is 0.672 bits per heavy atom. The second-order valence-corrected chi connectivity index (χ2v) is 18.0. The van der Waals surface area contributed by atoms with E-state index in [1.165, 1.54) is 80.3 Å². The average molecular weight is 844 g/mol. The van der Waals surface area contributed by atoms with Gasteiger partial charge in [-0.3, -0.25) is 4.99 Å². The van der Waals surface area contributed by atoms with Crippen molar-refractivity contribution in [1.82, 2.24) is 5.32 Å². The maximum atomic E-state index is 6.89. The lowest BCUT2D eigenvalue weighted by Crippen LogP contribution is -2.43. The van der Waals surface area contributed by atoms with E-state index >= 15 is 0 Å². The highest BCUT2D eigenvalue weighted by Crippen LogP contribution is 2.39. The number of fused-ring (bicyclic) bond motifs is 12. The quantitative estimate of drug-likeness (QED) is 0.0727. The monoisotopic (exact) mass is 843 g/mol. The van der Waals surface area contributed by atoms with Crippen molar-refractivity contribution in [3.05, 3.63) is 219 Å². The minimum Gasteiger partial charge on any atom is -0.456 e. The number of hydrogen-bond acceptors (Lipinski definition) is 4. The van der Waals surface area contributed by atoms with Crippen LogP contribution in [0.15, 0.2) is 191 Å². The van der Waals surface area contributed by atoms with Gasteiger partial charge >= 0.3 is 0 Å². The Balaban J connectivity index is 0.904. The minimum absolute atomic E-state index is 0.420. The molecule has 3 aliphatic carbocycles. The summed E-state index contributed by atoms with van der Waals surface area (Å²) in [6.07, 6.45) is 24.8. The molecule has 64 heavy (non-hydrogen) atoms. The van der Waals surface area contributed by atoms with E-state index in [2.05, 4.69) is 193 Å². The highest BCUT2D eigenvalue weighted by molar-refractivity contribution is 7.20. The molecule has 12 rings (SSSR count). The number of benzene rings is 7. The van der Waals surface area contributed by atoms with E-state index in [1.807, 2.05) is 11.3 Å². The van der Waals surface area contributed by atoms with Gasteiger partial charge in [0.15, 0.2) is 0 Å². The molecule has 0 amide bonds. The first kappa shape index (κ1) is 38.4. The van der Waals surface area contributed by atoms with Crippen molar-refractivity contribution in [3.8, 4) is 11.1 Å². The maximum absolute atomic E-state index is 6.89. The largest absolute Gasteiger partial charge is 0.456 e. The Morgan fingerprint density at radius 3 is 2.20 bits per heavy atom. The van der Waals surface area contributed by atoms with Crippen LogP contribution < -0.4 is 21.7 Å². The number of amidine groups is 1. The summed E-state index contributed by atoms with van der Waals surface area (Å²) < 4.78 is 7.78. The van der Waals surface area contributed by atoms with E-state index in [0.717, 1.165) is 64.6 Å². The van der Waals surface area contributed by atoms with Gasteiger partial charge in [-0.2, -0.15) is 0 Å².